The number of nitrogens with one attached hydrogen (secondary N) is 1. The van der Waals surface area contributed by atoms with Crippen molar-refractivity contribution in [1.29, 1.82) is 0 Å². The van der Waals surface area contributed by atoms with Crippen LogP contribution in [0.1, 0.15) is 43.8 Å². The highest BCUT2D eigenvalue weighted by molar-refractivity contribution is 5.86. The Morgan fingerprint density at radius 3 is 2.43 bits per heavy atom. The van der Waals surface area contributed by atoms with Crippen molar-refractivity contribution in [3.8, 4) is 11.4 Å². The summed E-state index contributed by atoms with van der Waals surface area (Å²) in [6, 6.07) is 17.4. The molecule has 1 aliphatic rings. The minimum absolute atomic E-state index is 0.114. The maximum Gasteiger partial charge on any atom is 0.322 e. The zero-order valence-electron chi connectivity index (χ0n) is 17.7. The van der Waals surface area contributed by atoms with Gasteiger partial charge in [-0.1, -0.05) is 79.2 Å². The number of nitrogens with zero attached hydrogens (tertiary/aromatic N) is 3. The smallest absolute Gasteiger partial charge is 0.322 e. The van der Waals surface area contributed by atoms with Crippen LogP contribution in [0.15, 0.2) is 64.8 Å². The standard InChI is InChI=1S/C24H26N4O2/c1-15(2)14-28-17(4)20(21(25-24(28)29)18-8-6-5-7-9-18)23-26-22(27-30-23)19-12-10-16(3)11-13-19/h5-13,15,21H,14H2,1-4H3,(H,25,29). The van der Waals surface area contributed by atoms with Gasteiger partial charge in [0.15, 0.2) is 0 Å². The summed E-state index contributed by atoms with van der Waals surface area (Å²) in [6.45, 7) is 8.78. The average molecular weight is 402 g/mol. The van der Waals surface area contributed by atoms with Crippen molar-refractivity contribution >= 4 is 11.6 Å². The first-order valence-electron chi connectivity index (χ1n) is 10.2. The predicted molar refractivity (Wildman–Crippen MR) is 116 cm³/mol. The minimum Gasteiger partial charge on any atom is -0.334 e. The van der Waals surface area contributed by atoms with E-state index in [2.05, 4.69) is 29.3 Å². The summed E-state index contributed by atoms with van der Waals surface area (Å²) < 4.78 is 5.70. The first kappa shape index (κ1) is 19.9. The first-order valence-corrected chi connectivity index (χ1v) is 10.2. The third-order valence-corrected chi connectivity index (χ3v) is 5.24. The number of carbonyl (C=O) groups is 1. The monoisotopic (exact) mass is 402 g/mol. The lowest BCUT2D eigenvalue weighted by molar-refractivity contribution is 0.199. The molecule has 2 aromatic carbocycles. The molecule has 1 unspecified atom stereocenters. The number of aromatic nitrogens is 2. The zero-order valence-corrected chi connectivity index (χ0v) is 17.7. The third-order valence-electron chi connectivity index (χ3n) is 5.24. The molecule has 1 atom stereocenters. The van der Waals surface area contributed by atoms with E-state index in [1.54, 1.807) is 4.90 Å². The van der Waals surface area contributed by atoms with Gasteiger partial charge in [0.05, 0.1) is 11.6 Å². The van der Waals surface area contributed by atoms with E-state index in [1.807, 2.05) is 68.4 Å². The van der Waals surface area contributed by atoms with E-state index >= 15 is 0 Å². The van der Waals surface area contributed by atoms with Crippen molar-refractivity contribution in [3.05, 3.63) is 77.3 Å². The molecule has 0 fully saturated rings. The number of amides is 2. The van der Waals surface area contributed by atoms with Gasteiger partial charge < -0.3 is 9.84 Å². The maximum atomic E-state index is 12.9. The second-order valence-corrected chi connectivity index (χ2v) is 8.09. The Kier molecular flexibility index (Phi) is 5.40. The molecule has 2 heterocycles. The molecule has 6 heteroatoms. The Balaban J connectivity index is 1.80. The third kappa shape index (κ3) is 3.85. The van der Waals surface area contributed by atoms with E-state index < -0.39 is 0 Å². The Morgan fingerprint density at radius 2 is 1.77 bits per heavy atom. The largest absolute Gasteiger partial charge is 0.334 e. The minimum atomic E-state index is -0.353. The molecule has 1 aliphatic heterocycles. The molecule has 1 N–H and O–H groups in total. The highest BCUT2D eigenvalue weighted by Gasteiger charge is 2.35. The van der Waals surface area contributed by atoms with Gasteiger partial charge in [-0.15, -0.1) is 0 Å². The van der Waals surface area contributed by atoms with Gasteiger partial charge in [-0.05, 0) is 25.3 Å². The van der Waals surface area contributed by atoms with E-state index in [9.17, 15) is 4.79 Å². The van der Waals surface area contributed by atoms with Gasteiger partial charge in [-0.3, -0.25) is 4.90 Å². The van der Waals surface area contributed by atoms with Crippen LogP contribution in [0.2, 0.25) is 0 Å². The molecule has 30 heavy (non-hydrogen) atoms. The van der Waals surface area contributed by atoms with Crippen LogP contribution < -0.4 is 5.32 Å². The van der Waals surface area contributed by atoms with Crippen LogP contribution >= 0.6 is 0 Å². The molecule has 6 nitrogen and oxygen atoms in total. The molecule has 3 aromatic rings. The van der Waals surface area contributed by atoms with Crippen LogP contribution in [0.5, 0.6) is 0 Å². The summed E-state index contributed by atoms with van der Waals surface area (Å²) in [4.78, 5) is 19.3. The molecule has 1 aromatic heterocycles. The van der Waals surface area contributed by atoms with Gasteiger partial charge >= 0.3 is 6.03 Å². The lowest BCUT2D eigenvalue weighted by atomic mass is 9.94. The SMILES string of the molecule is CC1=C(c2nc(-c3ccc(C)cc3)no2)C(c2ccccc2)NC(=O)N1CC(C)C. The van der Waals surface area contributed by atoms with Crippen LogP contribution in [0, 0.1) is 12.8 Å². The van der Waals surface area contributed by atoms with Crippen molar-refractivity contribution in [2.24, 2.45) is 5.92 Å². The summed E-state index contributed by atoms with van der Waals surface area (Å²) in [5, 5.41) is 7.33. The summed E-state index contributed by atoms with van der Waals surface area (Å²) in [5.41, 5.74) is 4.70. The number of hydrogen-bond acceptors (Lipinski definition) is 4. The fourth-order valence-electron chi connectivity index (χ4n) is 3.69. The topological polar surface area (TPSA) is 71.3 Å². The molecule has 0 saturated carbocycles. The number of rotatable bonds is 5. The van der Waals surface area contributed by atoms with E-state index in [-0.39, 0.29) is 12.1 Å². The van der Waals surface area contributed by atoms with E-state index in [1.165, 1.54) is 5.56 Å². The molecule has 0 aliphatic carbocycles. The normalized spacial score (nSPS) is 16.9. The lowest BCUT2D eigenvalue weighted by Gasteiger charge is -2.36. The van der Waals surface area contributed by atoms with Crippen molar-refractivity contribution in [1.82, 2.24) is 20.4 Å². The van der Waals surface area contributed by atoms with Crippen LogP contribution in [0.4, 0.5) is 4.79 Å². The fourth-order valence-corrected chi connectivity index (χ4v) is 3.69. The summed E-state index contributed by atoms with van der Waals surface area (Å²) in [6.07, 6.45) is 0. The summed E-state index contributed by atoms with van der Waals surface area (Å²) in [5.74, 6) is 1.28. The van der Waals surface area contributed by atoms with Gasteiger partial charge in [-0.25, -0.2) is 4.79 Å². The van der Waals surface area contributed by atoms with E-state index in [0.29, 0.717) is 24.2 Å². The van der Waals surface area contributed by atoms with Crippen molar-refractivity contribution in [3.63, 3.8) is 0 Å². The van der Waals surface area contributed by atoms with E-state index in [0.717, 1.165) is 22.4 Å². The molecule has 154 valence electrons. The molecule has 4 rings (SSSR count). The highest BCUT2D eigenvalue weighted by Crippen LogP contribution is 2.37. The number of urea groups is 1. The summed E-state index contributed by atoms with van der Waals surface area (Å²) in [7, 11) is 0. The molecule has 2 amide bonds. The molecular formula is C24H26N4O2. The second-order valence-electron chi connectivity index (χ2n) is 8.09. The lowest BCUT2D eigenvalue weighted by Crippen LogP contribution is -2.47. The van der Waals surface area contributed by atoms with Crippen LogP contribution in [0.3, 0.4) is 0 Å². The van der Waals surface area contributed by atoms with Crippen molar-refractivity contribution in [2.45, 2.75) is 33.7 Å². The summed E-state index contributed by atoms with van der Waals surface area (Å²) >= 11 is 0. The van der Waals surface area contributed by atoms with Gasteiger partial charge in [0.2, 0.25) is 5.82 Å². The Labute approximate surface area is 176 Å². The van der Waals surface area contributed by atoms with Gasteiger partial charge in [-0.2, -0.15) is 4.98 Å². The van der Waals surface area contributed by atoms with Crippen LogP contribution in [-0.4, -0.2) is 27.6 Å². The van der Waals surface area contributed by atoms with Crippen LogP contribution in [-0.2, 0) is 0 Å². The number of aryl methyl sites for hydroxylation is 1. The fraction of sp³-hybridized carbons (Fsp3) is 0.292. The molecule has 0 bridgehead atoms. The predicted octanol–water partition coefficient (Wildman–Crippen LogP) is 5.20. The maximum absolute atomic E-state index is 12.9. The van der Waals surface area contributed by atoms with Crippen molar-refractivity contribution in [2.75, 3.05) is 6.54 Å². The molecule has 0 saturated heterocycles. The van der Waals surface area contributed by atoms with Crippen LogP contribution in [0.25, 0.3) is 17.0 Å². The van der Waals surface area contributed by atoms with E-state index in [4.69, 9.17) is 4.52 Å². The van der Waals surface area contributed by atoms with Crippen molar-refractivity contribution < 1.29 is 9.32 Å². The zero-order chi connectivity index (χ0) is 21.3. The van der Waals surface area contributed by atoms with Gasteiger partial charge in [0, 0.05) is 17.8 Å². The highest BCUT2D eigenvalue weighted by atomic mass is 16.5. The molecule has 0 radical (unpaired) electrons. The Hall–Kier alpha value is -3.41. The van der Waals surface area contributed by atoms with Gasteiger partial charge in [0.1, 0.15) is 0 Å². The number of benzene rings is 2. The number of allylic oxidation sites excluding steroid dienone is 1. The molecular weight excluding hydrogens is 376 g/mol. The quantitative estimate of drug-likeness (QED) is 0.637. The second kappa shape index (κ2) is 8.14. The molecule has 0 spiro atoms. The Morgan fingerprint density at radius 1 is 1.07 bits per heavy atom. The number of carbonyl (C=O) groups excluding carboxylic acids is 1. The van der Waals surface area contributed by atoms with Gasteiger partial charge in [0.25, 0.3) is 5.89 Å². The number of hydrogen-bond donors (Lipinski definition) is 1. The first-order chi connectivity index (χ1) is 14.4. The average Bonchev–Trinajstić information content (AvgIpc) is 3.21. The Bertz CT molecular complexity index is 1070.